The molecule has 7 heteroatoms. The third-order valence-corrected chi connectivity index (χ3v) is 4.97. The van der Waals surface area contributed by atoms with Crippen molar-refractivity contribution in [3.63, 3.8) is 0 Å². The van der Waals surface area contributed by atoms with Gasteiger partial charge < -0.3 is 14.7 Å². The molecule has 2 heterocycles. The summed E-state index contributed by atoms with van der Waals surface area (Å²) in [5, 5.41) is 9.45. The van der Waals surface area contributed by atoms with Crippen molar-refractivity contribution in [3.05, 3.63) is 46.5 Å². The number of methoxy groups -OCH3 is 1. The van der Waals surface area contributed by atoms with Crippen molar-refractivity contribution in [2.75, 3.05) is 20.2 Å². The van der Waals surface area contributed by atoms with Gasteiger partial charge in [0.05, 0.1) is 13.0 Å². The minimum Gasteiger partial charge on any atom is -0.508 e. The summed E-state index contributed by atoms with van der Waals surface area (Å²) in [6.45, 7) is 2.61. The van der Waals surface area contributed by atoms with Gasteiger partial charge in [0, 0.05) is 23.9 Å². The molecule has 1 aromatic heterocycles. The van der Waals surface area contributed by atoms with E-state index in [0.29, 0.717) is 18.8 Å². The van der Waals surface area contributed by atoms with E-state index < -0.39 is 5.92 Å². The highest BCUT2D eigenvalue weighted by molar-refractivity contribution is 7.05. The topological polar surface area (TPSA) is 79.7 Å². The van der Waals surface area contributed by atoms with Crippen LogP contribution in [0.4, 0.5) is 0 Å². The highest BCUT2D eigenvalue weighted by atomic mass is 32.1. The predicted molar refractivity (Wildman–Crippen MR) is 89.1 cm³/mol. The Morgan fingerprint density at radius 1 is 1.29 bits per heavy atom. The second kappa shape index (κ2) is 6.60. The van der Waals surface area contributed by atoms with E-state index in [1.807, 2.05) is 6.92 Å². The first kappa shape index (κ1) is 16.4. The molecule has 0 bridgehead atoms. The minimum absolute atomic E-state index is 0.164. The molecule has 24 heavy (non-hydrogen) atoms. The standard InChI is InChI=1S/C17H18N2O4S/c1-10-7-15(18-24-10)16(21)19-8-13(14(9-19)17(22)23-2)11-3-5-12(20)6-4-11/h3-7,13-14,20H,8-9H2,1-2H3/t13-,14+/m1/s1. The van der Waals surface area contributed by atoms with Gasteiger partial charge in [-0.1, -0.05) is 12.1 Å². The Hall–Kier alpha value is -2.41. The number of aromatic hydroxyl groups is 1. The van der Waals surface area contributed by atoms with Gasteiger partial charge in [0.1, 0.15) is 11.4 Å². The van der Waals surface area contributed by atoms with E-state index in [2.05, 4.69) is 4.37 Å². The van der Waals surface area contributed by atoms with Crippen LogP contribution < -0.4 is 0 Å². The van der Waals surface area contributed by atoms with Crippen molar-refractivity contribution in [3.8, 4) is 5.75 Å². The molecule has 0 saturated carbocycles. The number of nitrogens with zero attached hydrogens (tertiary/aromatic N) is 2. The first-order chi connectivity index (χ1) is 11.5. The number of carbonyl (C=O) groups excluding carboxylic acids is 2. The van der Waals surface area contributed by atoms with Crippen LogP contribution in [0, 0.1) is 12.8 Å². The predicted octanol–water partition coefficient (Wildman–Crippen LogP) is 2.19. The van der Waals surface area contributed by atoms with Gasteiger partial charge in [0.15, 0.2) is 0 Å². The van der Waals surface area contributed by atoms with Crippen molar-refractivity contribution >= 4 is 23.4 Å². The Bertz CT molecular complexity index is 756. The second-order valence-electron chi connectivity index (χ2n) is 5.86. The molecular weight excluding hydrogens is 328 g/mol. The van der Waals surface area contributed by atoms with Crippen LogP contribution in [0.1, 0.15) is 26.8 Å². The van der Waals surface area contributed by atoms with E-state index in [1.54, 1.807) is 35.2 Å². The number of amides is 1. The first-order valence-corrected chi connectivity index (χ1v) is 8.36. The Labute approximate surface area is 143 Å². The summed E-state index contributed by atoms with van der Waals surface area (Å²) in [5.74, 6) is -0.936. The van der Waals surface area contributed by atoms with Crippen molar-refractivity contribution in [2.24, 2.45) is 5.92 Å². The van der Waals surface area contributed by atoms with Gasteiger partial charge in [-0.15, -0.1) is 0 Å². The molecule has 1 fully saturated rings. The molecule has 6 nitrogen and oxygen atoms in total. The average Bonchev–Trinajstić information content (AvgIpc) is 3.21. The monoisotopic (exact) mass is 346 g/mol. The molecule has 1 aliphatic heterocycles. The maximum Gasteiger partial charge on any atom is 0.311 e. The second-order valence-corrected chi connectivity index (χ2v) is 6.87. The zero-order valence-electron chi connectivity index (χ0n) is 13.4. The van der Waals surface area contributed by atoms with E-state index in [4.69, 9.17) is 4.74 Å². The maximum absolute atomic E-state index is 12.6. The SMILES string of the molecule is COC(=O)[C@H]1CN(C(=O)c2cc(C)sn2)C[C@@H]1c1ccc(O)cc1. The number of ether oxygens (including phenoxy) is 1. The first-order valence-electron chi connectivity index (χ1n) is 7.59. The molecule has 0 unspecified atom stereocenters. The van der Waals surface area contributed by atoms with Crippen LogP contribution in [-0.2, 0) is 9.53 Å². The minimum atomic E-state index is -0.428. The Balaban J connectivity index is 1.86. The number of hydrogen-bond acceptors (Lipinski definition) is 6. The van der Waals surface area contributed by atoms with Gasteiger partial charge in [-0.3, -0.25) is 9.59 Å². The molecule has 1 saturated heterocycles. The number of likely N-dealkylation sites (tertiary alicyclic amines) is 1. The lowest BCUT2D eigenvalue weighted by atomic mass is 9.89. The number of aromatic nitrogens is 1. The van der Waals surface area contributed by atoms with Crippen LogP contribution in [0.15, 0.2) is 30.3 Å². The van der Waals surface area contributed by atoms with Crippen molar-refractivity contribution in [1.82, 2.24) is 9.27 Å². The number of rotatable bonds is 3. The van der Waals surface area contributed by atoms with Crippen LogP contribution in [0.25, 0.3) is 0 Å². The summed E-state index contributed by atoms with van der Waals surface area (Å²) < 4.78 is 9.07. The zero-order chi connectivity index (χ0) is 17.3. The molecule has 3 rings (SSSR count). The van der Waals surface area contributed by atoms with E-state index in [0.717, 1.165) is 10.4 Å². The lowest BCUT2D eigenvalue weighted by molar-refractivity contribution is -0.145. The smallest absolute Gasteiger partial charge is 0.311 e. The summed E-state index contributed by atoms with van der Waals surface area (Å²) in [5.41, 5.74) is 1.31. The Morgan fingerprint density at radius 3 is 2.58 bits per heavy atom. The molecular formula is C17H18N2O4S. The van der Waals surface area contributed by atoms with Crippen molar-refractivity contribution in [1.29, 1.82) is 0 Å². The molecule has 1 aliphatic rings. The molecule has 0 aliphatic carbocycles. The lowest BCUT2D eigenvalue weighted by Gasteiger charge is -2.16. The largest absolute Gasteiger partial charge is 0.508 e. The highest BCUT2D eigenvalue weighted by Gasteiger charge is 2.41. The molecule has 1 aromatic carbocycles. The summed E-state index contributed by atoms with van der Waals surface area (Å²) in [7, 11) is 1.35. The fourth-order valence-corrected chi connectivity index (χ4v) is 3.59. The van der Waals surface area contributed by atoms with Crippen molar-refractivity contribution < 1.29 is 19.4 Å². The van der Waals surface area contributed by atoms with Gasteiger partial charge in [0.2, 0.25) is 0 Å². The van der Waals surface area contributed by atoms with Crippen LogP contribution in [0.2, 0.25) is 0 Å². The van der Waals surface area contributed by atoms with Gasteiger partial charge in [-0.25, -0.2) is 0 Å². The molecule has 1 amide bonds. The van der Waals surface area contributed by atoms with Crippen molar-refractivity contribution in [2.45, 2.75) is 12.8 Å². The molecule has 2 atom stereocenters. The Kier molecular flexibility index (Phi) is 4.53. The van der Waals surface area contributed by atoms with Crippen LogP contribution in [0.3, 0.4) is 0 Å². The number of aryl methyl sites for hydroxylation is 1. The fourth-order valence-electron chi connectivity index (χ4n) is 3.05. The van der Waals surface area contributed by atoms with Gasteiger partial charge in [-0.05, 0) is 42.2 Å². The normalized spacial score (nSPS) is 20.2. The van der Waals surface area contributed by atoms with Crippen LogP contribution >= 0.6 is 11.5 Å². The summed E-state index contributed by atoms with van der Waals surface area (Å²) in [4.78, 5) is 27.4. The van der Waals surface area contributed by atoms with Crippen LogP contribution in [-0.4, -0.2) is 46.5 Å². The molecule has 0 radical (unpaired) electrons. The number of carbonyl (C=O) groups is 2. The summed E-state index contributed by atoms with van der Waals surface area (Å²) in [6.07, 6.45) is 0. The van der Waals surface area contributed by atoms with E-state index in [-0.39, 0.29) is 23.5 Å². The zero-order valence-corrected chi connectivity index (χ0v) is 14.2. The van der Waals surface area contributed by atoms with Gasteiger partial charge >= 0.3 is 5.97 Å². The fraction of sp³-hybridized carbons (Fsp3) is 0.353. The van der Waals surface area contributed by atoms with Gasteiger partial charge in [-0.2, -0.15) is 4.37 Å². The third-order valence-electron chi connectivity index (χ3n) is 4.28. The highest BCUT2D eigenvalue weighted by Crippen LogP contribution is 2.35. The van der Waals surface area contributed by atoms with E-state index in [1.165, 1.54) is 18.6 Å². The van der Waals surface area contributed by atoms with E-state index >= 15 is 0 Å². The number of esters is 1. The van der Waals surface area contributed by atoms with Gasteiger partial charge in [0.25, 0.3) is 5.91 Å². The van der Waals surface area contributed by atoms with Crippen LogP contribution in [0.5, 0.6) is 5.75 Å². The molecule has 0 spiro atoms. The average molecular weight is 346 g/mol. The van der Waals surface area contributed by atoms with E-state index in [9.17, 15) is 14.7 Å². The Morgan fingerprint density at radius 2 is 2.00 bits per heavy atom. The third kappa shape index (κ3) is 3.12. The molecule has 126 valence electrons. The number of phenols is 1. The molecule has 1 N–H and O–H groups in total. The maximum atomic E-state index is 12.6. The number of hydrogen-bond donors (Lipinski definition) is 1. The number of benzene rings is 1. The summed E-state index contributed by atoms with van der Waals surface area (Å²) in [6, 6.07) is 8.47. The quantitative estimate of drug-likeness (QED) is 0.862. The molecule has 2 aromatic rings. The lowest BCUT2D eigenvalue weighted by Crippen LogP contribution is -2.30. The summed E-state index contributed by atoms with van der Waals surface area (Å²) >= 11 is 1.28. The number of phenolic OH excluding ortho intramolecular Hbond substituents is 1.